The first-order valence-electron chi connectivity index (χ1n) is 15.7. The van der Waals surface area contributed by atoms with Crippen molar-refractivity contribution in [2.75, 3.05) is 6.61 Å². The summed E-state index contributed by atoms with van der Waals surface area (Å²) in [4.78, 5) is 13.5. The number of carbonyl (C=O) groups is 1. The predicted molar refractivity (Wildman–Crippen MR) is 163 cm³/mol. The van der Waals surface area contributed by atoms with Crippen LogP contribution in [-0.2, 0) is 13.6 Å². The molecule has 0 aromatic rings. The van der Waals surface area contributed by atoms with Gasteiger partial charge in [-0.15, -0.1) is 0 Å². The molecule has 3 aliphatic rings. The molecule has 0 spiro atoms. The molecule has 3 aliphatic carbocycles. The SMILES string of the molecule is CC[Si](CC)(CC)OCC1=C2C=C3[C@@H](O[Si](CC)(CC)CC)C[C@H](C(C)C)[C@@]3(C)CC[C@]2(C)CCC1=O. The molecule has 3 nitrogen and oxygen atoms in total. The van der Waals surface area contributed by atoms with Gasteiger partial charge in [-0.05, 0) is 95.8 Å². The second-order valence-corrected chi connectivity index (χ2v) is 22.9. The molecule has 0 radical (unpaired) electrons. The van der Waals surface area contributed by atoms with Crippen LogP contribution in [0.1, 0.15) is 101 Å². The van der Waals surface area contributed by atoms with Crippen LogP contribution in [0.4, 0.5) is 0 Å². The molecule has 0 aliphatic heterocycles. The fraction of sp³-hybridized carbons (Fsp3) is 0.844. The summed E-state index contributed by atoms with van der Waals surface area (Å²) in [6.45, 7) is 24.2. The Labute approximate surface area is 231 Å². The molecular formula is C32H58O3Si2. The standard InChI is InChI=1S/C32H58O3Si2/c1-11-36(12-2,13-3)34-23-25-27-21-28-30(35-37(14-4,15-5)16-6)22-26(24(7)8)32(28,10)20-19-31(27,9)18-17-29(25)33/h21,24,26,30H,11-20,22-23H2,1-10H3/t26-,30+,31+,32-/m1/s1. The first-order chi connectivity index (χ1) is 17.4. The zero-order valence-corrected chi connectivity index (χ0v) is 28.0. The molecule has 0 saturated heterocycles. The number of hydrogen-bond acceptors (Lipinski definition) is 3. The highest BCUT2D eigenvalue weighted by Gasteiger charge is 2.54. The fourth-order valence-electron chi connectivity index (χ4n) is 8.05. The summed E-state index contributed by atoms with van der Waals surface area (Å²) in [5.41, 5.74) is 4.01. The molecule has 0 heterocycles. The molecule has 1 saturated carbocycles. The van der Waals surface area contributed by atoms with Crippen molar-refractivity contribution in [3.8, 4) is 0 Å². The first kappa shape index (κ1) is 31.0. The summed E-state index contributed by atoms with van der Waals surface area (Å²) in [5, 5.41) is 0. The maximum atomic E-state index is 13.5. The zero-order valence-electron chi connectivity index (χ0n) is 26.0. The molecule has 5 heteroatoms. The summed E-state index contributed by atoms with van der Waals surface area (Å²) < 4.78 is 14.1. The van der Waals surface area contributed by atoms with Crippen LogP contribution >= 0.6 is 0 Å². The molecule has 0 amide bonds. The van der Waals surface area contributed by atoms with Crippen molar-refractivity contribution in [1.29, 1.82) is 0 Å². The summed E-state index contributed by atoms with van der Waals surface area (Å²) in [5.74, 6) is 1.58. The Bertz CT molecular complexity index is 866. The van der Waals surface area contributed by atoms with Gasteiger partial charge >= 0.3 is 0 Å². The Morgan fingerprint density at radius 2 is 1.46 bits per heavy atom. The molecule has 4 atom stereocenters. The molecule has 0 bridgehead atoms. The molecule has 212 valence electrons. The van der Waals surface area contributed by atoms with Crippen LogP contribution in [0.2, 0.25) is 36.3 Å². The lowest BCUT2D eigenvalue weighted by atomic mass is 9.66. The second kappa shape index (κ2) is 11.9. The van der Waals surface area contributed by atoms with Crippen molar-refractivity contribution in [3.63, 3.8) is 0 Å². The first-order valence-corrected chi connectivity index (χ1v) is 20.8. The highest BCUT2D eigenvalue weighted by molar-refractivity contribution is 6.74. The van der Waals surface area contributed by atoms with E-state index in [0.29, 0.717) is 30.6 Å². The maximum absolute atomic E-state index is 13.5. The number of ketones is 1. The summed E-state index contributed by atoms with van der Waals surface area (Å²) >= 11 is 0. The lowest BCUT2D eigenvalue weighted by molar-refractivity contribution is -0.117. The smallest absolute Gasteiger partial charge is 0.192 e. The number of Topliss-reactive ketones (excluding diaryl/α,β-unsaturated/α-hetero) is 1. The van der Waals surface area contributed by atoms with E-state index in [1.807, 2.05) is 0 Å². The Morgan fingerprint density at radius 1 is 0.892 bits per heavy atom. The summed E-state index contributed by atoms with van der Waals surface area (Å²) in [6.07, 6.45) is 7.84. The van der Waals surface area contributed by atoms with E-state index in [9.17, 15) is 4.79 Å². The van der Waals surface area contributed by atoms with Gasteiger partial charge in [0.2, 0.25) is 0 Å². The number of hydrogen-bond donors (Lipinski definition) is 0. The Hall–Kier alpha value is -0.496. The number of allylic oxidation sites excluding steroid dienone is 2. The monoisotopic (exact) mass is 546 g/mol. The number of carbonyl (C=O) groups excluding carboxylic acids is 1. The van der Waals surface area contributed by atoms with Gasteiger partial charge in [-0.2, -0.15) is 0 Å². The van der Waals surface area contributed by atoms with E-state index in [1.54, 1.807) is 0 Å². The molecular weight excluding hydrogens is 489 g/mol. The van der Waals surface area contributed by atoms with Crippen molar-refractivity contribution in [2.45, 2.75) is 144 Å². The lowest BCUT2D eigenvalue weighted by Gasteiger charge is -2.39. The van der Waals surface area contributed by atoms with Crippen molar-refractivity contribution in [1.82, 2.24) is 0 Å². The van der Waals surface area contributed by atoms with E-state index in [-0.39, 0.29) is 16.9 Å². The third kappa shape index (κ3) is 5.72. The molecule has 1 fully saturated rings. The summed E-state index contributed by atoms with van der Waals surface area (Å²) in [6, 6.07) is 6.92. The van der Waals surface area contributed by atoms with Crippen molar-refractivity contribution >= 4 is 22.4 Å². The third-order valence-electron chi connectivity index (χ3n) is 11.6. The normalized spacial score (nSPS) is 30.9. The second-order valence-electron chi connectivity index (χ2n) is 13.4. The van der Waals surface area contributed by atoms with E-state index in [4.69, 9.17) is 8.85 Å². The van der Waals surface area contributed by atoms with Gasteiger partial charge in [-0.3, -0.25) is 4.79 Å². The third-order valence-corrected chi connectivity index (χ3v) is 20.9. The van der Waals surface area contributed by atoms with Gasteiger partial charge in [0.05, 0.1) is 12.7 Å². The Balaban J connectivity index is 2.15. The van der Waals surface area contributed by atoms with Gasteiger partial charge in [0.25, 0.3) is 0 Å². The fourth-order valence-corrected chi connectivity index (χ4v) is 13.4. The average Bonchev–Trinajstić information content (AvgIpc) is 3.10. The number of rotatable bonds is 12. The number of fused-ring (bicyclic) bond motifs is 2. The van der Waals surface area contributed by atoms with E-state index in [0.717, 1.165) is 43.0 Å². The van der Waals surface area contributed by atoms with Crippen LogP contribution in [0.25, 0.3) is 0 Å². The predicted octanol–water partition coefficient (Wildman–Crippen LogP) is 9.47. The van der Waals surface area contributed by atoms with Crippen LogP contribution < -0.4 is 0 Å². The van der Waals surface area contributed by atoms with Gasteiger partial charge in [-0.1, -0.05) is 75.3 Å². The highest BCUT2D eigenvalue weighted by Crippen LogP contribution is 2.60. The quantitative estimate of drug-likeness (QED) is 0.229. The van der Waals surface area contributed by atoms with E-state index in [2.05, 4.69) is 75.3 Å². The van der Waals surface area contributed by atoms with Gasteiger partial charge in [0, 0.05) is 12.0 Å². The van der Waals surface area contributed by atoms with Crippen molar-refractivity contribution in [3.05, 3.63) is 22.8 Å². The zero-order chi connectivity index (χ0) is 27.6. The summed E-state index contributed by atoms with van der Waals surface area (Å²) in [7, 11) is -3.54. The molecule has 0 unspecified atom stereocenters. The largest absolute Gasteiger partial charge is 0.412 e. The maximum Gasteiger partial charge on any atom is 0.192 e. The highest BCUT2D eigenvalue weighted by atomic mass is 28.4. The van der Waals surface area contributed by atoms with Gasteiger partial charge in [-0.25, -0.2) is 0 Å². The molecule has 0 N–H and O–H groups in total. The van der Waals surface area contributed by atoms with Crippen LogP contribution in [0, 0.1) is 22.7 Å². The Morgan fingerprint density at radius 3 is 1.97 bits per heavy atom. The molecule has 0 aromatic carbocycles. The van der Waals surface area contributed by atoms with Crippen LogP contribution in [0.3, 0.4) is 0 Å². The van der Waals surface area contributed by atoms with Crippen LogP contribution in [0.15, 0.2) is 22.8 Å². The van der Waals surface area contributed by atoms with E-state index < -0.39 is 16.6 Å². The minimum atomic E-state index is -1.78. The van der Waals surface area contributed by atoms with Crippen LogP contribution in [-0.4, -0.2) is 35.1 Å². The van der Waals surface area contributed by atoms with Crippen molar-refractivity contribution < 1.29 is 13.6 Å². The molecule has 0 aromatic heterocycles. The van der Waals surface area contributed by atoms with Gasteiger partial charge < -0.3 is 8.85 Å². The van der Waals surface area contributed by atoms with E-state index in [1.165, 1.54) is 35.7 Å². The van der Waals surface area contributed by atoms with E-state index >= 15 is 0 Å². The lowest BCUT2D eigenvalue weighted by Crippen LogP contribution is -2.40. The van der Waals surface area contributed by atoms with Gasteiger partial charge in [0.1, 0.15) is 0 Å². The molecule has 3 rings (SSSR count). The topological polar surface area (TPSA) is 35.5 Å². The minimum Gasteiger partial charge on any atom is -0.412 e. The molecule has 37 heavy (non-hydrogen) atoms. The Kier molecular flexibility index (Phi) is 10.0. The van der Waals surface area contributed by atoms with Gasteiger partial charge in [0.15, 0.2) is 22.4 Å². The average molecular weight is 547 g/mol. The van der Waals surface area contributed by atoms with Crippen molar-refractivity contribution in [2.24, 2.45) is 22.7 Å². The van der Waals surface area contributed by atoms with Crippen LogP contribution in [0.5, 0.6) is 0 Å². The minimum absolute atomic E-state index is 0.0582.